The van der Waals surface area contributed by atoms with Crippen LogP contribution in [0, 0.1) is 5.92 Å². The lowest BCUT2D eigenvalue weighted by atomic mass is 9.95. The van der Waals surface area contributed by atoms with Crippen molar-refractivity contribution in [1.82, 2.24) is 5.32 Å². The minimum atomic E-state index is 0.788. The summed E-state index contributed by atoms with van der Waals surface area (Å²) in [5.41, 5.74) is 1.49. The Balaban J connectivity index is 2.03. The monoisotopic (exact) mass is 241 g/mol. The largest absolute Gasteiger partial charge is 0.320 e. The van der Waals surface area contributed by atoms with Crippen LogP contribution < -0.4 is 5.32 Å². The minimum absolute atomic E-state index is 0.788. The molecule has 1 unspecified atom stereocenters. The molecule has 0 aromatic heterocycles. The Hall–Kier alpha value is -1.34. The van der Waals surface area contributed by atoms with E-state index >= 15 is 0 Å². The van der Waals surface area contributed by atoms with E-state index in [9.17, 15) is 0 Å². The Labute approximate surface area is 110 Å². The Morgan fingerprint density at radius 2 is 1.78 bits per heavy atom. The summed E-state index contributed by atoms with van der Waals surface area (Å²) in [5.74, 6) is 0.788. The summed E-state index contributed by atoms with van der Waals surface area (Å²) in [5, 5.41) is 6.00. The van der Waals surface area contributed by atoms with Gasteiger partial charge in [0, 0.05) is 0 Å². The van der Waals surface area contributed by atoms with E-state index in [2.05, 4.69) is 54.7 Å². The van der Waals surface area contributed by atoms with E-state index < -0.39 is 0 Å². The number of benzene rings is 2. The second-order valence-corrected chi connectivity index (χ2v) is 5.17. The molecule has 18 heavy (non-hydrogen) atoms. The summed E-state index contributed by atoms with van der Waals surface area (Å²) in [6.45, 7) is 3.47. The van der Waals surface area contributed by atoms with Crippen LogP contribution in [0.4, 0.5) is 0 Å². The maximum Gasteiger partial charge on any atom is -0.00494 e. The molecule has 0 aliphatic rings. The number of hydrogen-bond donors (Lipinski definition) is 1. The molecule has 1 nitrogen and oxygen atoms in total. The lowest BCUT2D eigenvalue weighted by molar-refractivity contribution is 0.482. The molecule has 0 amide bonds. The molecule has 1 atom stereocenters. The number of hydrogen-bond acceptors (Lipinski definition) is 1. The molecule has 2 aromatic carbocycles. The van der Waals surface area contributed by atoms with Gasteiger partial charge in [-0.1, -0.05) is 49.4 Å². The van der Waals surface area contributed by atoms with Crippen LogP contribution in [0.3, 0.4) is 0 Å². The Morgan fingerprint density at radius 1 is 1.00 bits per heavy atom. The summed E-state index contributed by atoms with van der Waals surface area (Å²) in [4.78, 5) is 0. The van der Waals surface area contributed by atoms with Gasteiger partial charge in [-0.3, -0.25) is 0 Å². The Kier molecular flexibility index (Phi) is 4.77. The summed E-state index contributed by atoms with van der Waals surface area (Å²) < 4.78 is 0. The van der Waals surface area contributed by atoms with Crippen molar-refractivity contribution in [2.45, 2.75) is 26.2 Å². The van der Waals surface area contributed by atoms with Gasteiger partial charge in [0.05, 0.1) is 0 Å². The molecule has 1 N–H and O–H groups in total. The molecule has 0 aliphatic carbocycles. The van der Waals surface area contributed by atoms with Crippen LogP contribution >= 0.6 is 0 Å². The molecule has 0 aliphatic heterocycles. The molecule has 2 aromatic rings. The van der Waals surface area contributed by atoms with E-state index in [-0.39, 0.29) is 0 Å². The summed E-state index contributed by atoms with van der Waals surface area (Å²) in [7, 11) is 2.03. The van der Waals surface area contributed by atoms with Gasteiger partial charge in [0.2, 0.25) is 0 Å². The topological polar surface area (TPSA) is 12.0 Å². The van der Waals surface area contributed by atoms with Crippen molar-refractivity contribution in [1.29, 1.82) is 0 Å². The minimum Gasteiger partial charge on any atom is -0.320 e. The highest BCUT2D eigenvalue weighted by molar-refractivity contribution is 5.85. The molecule has 0 spiro atoms. The fourth-order valence-electron chi connectivity index (χ4n) is 2.45. The van der Waals surface area contributed by atoms with Crippen LogP contribution in [0.25, 0.3) is 10.8 Å². The van der Waals surface area contributed by atoms with Crippen molar-refractivity contribution in [2.24, 2.45) is 5.92 Å². The Bertz CT molecular complexity index is 484. The molecule has 0 radical (unpaired) electrons. The van der Waals surface area contributed by atoms with Crippen LogP contribution in [-0.2, 0) is 6.42 Å². The second kappa shape index (κ2) is 6.55. The van der Waals surface area contributed by atoms with Crippen LogP contribution in [-0.4, -0.2) is 13.6 Å². The van der Waals surface area contributed by atoms with Crippen molar-refractivity contribution in [3.05, 3.63) is 48.0 Å². The SMILES string of the molecule is CNCCC(C)CCc1cccc2ccccc12. The van der Waals surface area contributed by atoms with E-state index in [0.717, 1.165) is 12.5 Å². The average Bonchev–Trinajstić information content (AvgIpc) is 2.42. The number of nitrogens with one attached hydrogen (secondary N) is 1. The van der Waals surface area contributed by atoms with Crippen LogP contribution in [0.5, 0.6) is 0 Å². The third-order valence-electron chi connectivity index (χ3n) is 3.67. The predicted octanol–water partition coefficient (Wildman–Crippen LogP) is 4.02. The molecule has 0 heterocycles. The third kappa shape index (κ3) is 3.33. The summed E-state index contributed by atoms with van der Waals surface area (Å²) in [6, 6.07) is 15.3. The highest BCUT2D eigenvalue weighted by Gasteiger charge is 2.04. The zero-order valence-corrected chi connectivity index (χ0v) is 11.4. The number of fused-ring (bicyclic) bond motifs is 1. The fraction of sp³-hybridized carbons (Fsp3) is 0.412. The molecular formula is C17H23N. The lowest BCUT2D eigenvalue weighted by Gasteiger charge is -2.12. The first kappa shape index (κ1) is 13.1. The van der Waals surface area contributed by atoms with Gasteiger partial charge in [-0.2, -0.15) is 0 Å². The summed E-state index contributed by atoms with van der Waals surface area (Å²) in [6.07, 6.45) is 3.73. The predicted molar refractivity (Wildman–Crippen MR) is 80.0 cm³/mol. The van der Waals surface area contributed by atoms with Gasteiger partial charge in [-0.25, -0.2) is 0 Å². The highest BCUT2D eigenvalue weighted by atomic mass is 14.8. The van der Waals surface area contributed by atoms with E-state index in [1.807, 2.05) is 7.05 Å². The molecule has 2 rings (SSSR count). The van der Waals surface area contributed by atoms with E-state index in [0.29, 0.717) is 0 Å². The molecule has 0 bridgehead atoms. The quantitative estimate of drug-likeness (QED) is 0.805. The maximum atomic E-state index is 3.23. The van der Waals surface area contributed by atoms with Crippen LogP contribution in [0.15, 0.2) is 42.5 Å². The first-order valence-electron chi connectivity index (χ1n) is 6.92. The Morgan fingerprint density at radius 3 is 2.61 bits per heavy atom. The van der Waals surface area contributed by atoms with Crippen molar-refractivity contribution < 1.29 is 0 Å². The van der Waals surface area contributed by atoms with Crippen LogP contribution in [0.2, 0.25) is 0 Å². The van der Waals surface area contributed by atoms with Gasteiger partial charge in [0.25, 0.3) is 0 Å². The van der Waals surface area contributed by atoms with Gasteiger partial charge in [0.15, 0.2) is 0 Å². The molecular weight excluding hydrogens is 218 g/mol. The second-order valence-electron chi connectivity index (χ2n) is 5.17. The first-order chi connectivity index (χ1) is 8.81. The molecule has 0 fully saturated rings. The number of rotatable bonds is 6. The fourth-order valence-corrected chi connectivity index (χ4v) is 2.45. The van der Waals surface area contributed by atoms with Gasteiger partial charge in [-0.15, -0.1) is 0 Å². The summed E-state index contributed by atoms with van der Waals surface area (Å²) >= 11 is 0. The zero-order chi connectivity index (χ0) is 12.8. The molecule has 0 saturated carbocycles. The van der Waals surface area contributed by atoms with Crippen molar-refractivity contribution in [3.63, 3.8) is 0 Å². The van der Waals surface area contributed by atoms with Gasteiger partial charge < -0.3 is 5.32 Å². The van der Waals surface area contributed by atoms with Gasteiger partial charge >= 0.3 is 0 Å². The van der Waals surface area contributed by atoms with Gasteiger partial charge in [0.1, 0.15) is 0 Å². The lowest BCUT2D eigenvalue weighted by Crippen LogP contribution is -2.11. The normalized spacial score (nSPS) is 12.8. The average molecular weight is 241 g/mol. The third-order valence-corrected chi connectivity index (χ3v) is 3.67. The van der Waals surface area contributed by atoms with Crippen molar-refractivity contribution in [3.8, 4) is 0 Å². The van der Waals surface area contributed by atoms with Crippen molar-refractivity contribution >= 4 is 10.8 Å². The molecule has 1 heteroatoms. The maximum absolute atomic E-state index is 3.23. The smallest absolute Gasteiger partial charge is 0.00494 e. The number of aryl methyl sites for hydroxylation is 1. The van der Waals surface area contributed by atoms with E-state index in [1.165, 1.54) is 35.6 Å². The molecule has 0 saturated heterocycles. The standard InChI is InChI=1S/C17H23N/c1-14(12-13-18-2)10-11-16-8-5-7-15-6-3-4-9-17(15)16/h3-9,14,18H,10-13H2,1-2H3. The van der Waals surface area contributed by atoms with E-state index in [4.69, 9.17) is 0 Å². The first-order valence-corrected chi connectivity index (χ1v) is 6.92. The van der Waals surface area contributed by atoms with Gasteiger partial charge in [-0.05, 0) is 55.1 Å². The van der Waals surface area contributed by atoms with E-state index in [1.54, 1.807) is 0 Å². The molecule has 96 valence electrons. The van der Waals surface area contributed by atoms with Crippen LogP contribution in [0.1, 0.15) is 25.3 Å². The zero-order valence-electron chi connectivity index (χ0n) is 11.4. The van der Waals surface area contributed by atoms with Crippen molar-refractivity contribution in [2.75, 3.05) is 13.6 Å². The highest BCUT2D eigenvalue weighted by Crippen LogP contribution is 2.21.